The predicted molar refractivity (Wildman–Crippen MR) is 93.9 cm³/mol. The Morgan fingerprint density at radius 3 is 1.39 bits per heavy atom. The summed E-state index contributed by atoms with van der Waals surface area (Å²) < 4.78 is 12.5. The van der Waals surface area contributed by atoms with Gasteiger partial charge in [0.1, 0.15) is 24.7 Å². The molecule has 0 bridgehead atoms. The number of carbonyl (C=O) groups is 2. The zero-order valence-electron chi connectivity index (χ0n) is 12.1. The first-order valence-corrected chi connectivity index (χ1v) is 8.41. The Morgan fingerprint density at radius 1 is 0.696 bits per heavy atom. The minimum atomic E-state index is -0.280. The van der Waals surface area contributed by atoms with Crippen molar-refractivity contribution in [2.45, 2.75) is 6.42 Å². The summed E-state index contributed by atoms with van der Waals surface area (Å²) in [7, 11) is 0. The first-order chi connectivity index (χ1) is 11.0. The number of ether oxygens (including phenoxy) is 2. The second kappa shape index (κ2) is 8.84. The van der Waals surface area contributed by atoms with Crippen LogP contribution in [0.25, 0.3) is 0 Å². The molecule has 0 heterocycles. The maximum atomic E-state index is 11.7. The standard InChI is InChI=1S/C17H14Br2O4/c18-12-1-5-16(6-2-12)22-10-14(20)9-15(21)11-23-17-7-3-13(19)4-8-17/h1-8H,9-11H2. The summed E-state index contributed by atoms with van der Waals surface area (Å²) >= 11 is 6.63. The molecule has 0 N–H and O–H groups in total. The van der Waals surface area contributed by atoms with Crippen LogP contribution in [0.15, 0.2) is 57.5 Å². The van der Waals surface area contributed by atoms with E-state index in [1.807, 2.05) is 24.3 Å². The molecule has 0 aliphatic heterocycles. The molecule has 0 unspecified atom stereocenters. The fourth-order valence-electron chi connectivity index (χ4n) is 1.71. The Hall–Kier alpha value is -1.66. The molecule has 0 aromatic heterocycles. The number of hydrogen-bond acceptors (Lipinski definition) is 4. The van der Waals surface area contributed by atoms with Gasteiger partial charge in [0.15, 0.2) is 11.6 Å². The lowest BCUT2D eigenvalue weighted by molar-refractivity contribution is -0.129. The van der Waals surface area contributed by atoms with E-state index in [1.54, 1.807) is 24.3 Å². The van der Waals surface area contributed by atoms with Crippen LogP contribution in [0.3, 0.4) is 0 Å². The molecular weight excluding hydrogens is 428 g/mol. The number of ketones is 2. The predicted octanol–water partition coefficient (Wildman–Crippen LogP) is 4.20. The average Bonchev–Trinajstić information content (AvgIpc) is 2.54. The maximum Gasteiger partial charge on any atom is 0.177 e. The van der Waals surface area contributed by atoms with Crippen molar-refractivity contribution in [2.75, 3.05) is 13.2 Å². The molecule has 0 fully saturated rings. The summed E-state index contributed by atoms with van der Waals surface area (Å²) in [5, 5.41) is 0. The topological polar surface area (TPSA) is 52.6 Å². The third-order valence-electron chi connectivity index (χ3n) is 2.82. The lowest BCUT2D eigenvalue weighted by Gasteiger charge is -2.07. The number of benzene rings is 2. The Labute approximate surface area is 151 Å². The van der Waals surface area contributed by atoms with E-state index in [0.717, 1.165) is 8.95 Å². The van der Waals surface area contributed by atoms with Gasteiger partial charge in [0.25, 0.3) is 0 Å². The summed E-state index contributed by atoms with van der Waals surface area (Å²) in [4.78, 5) is 23.5. The van der Waals surface area contributed by atoms with Crippen molar-refractivity contribution < 1.29 is 19.1 Å². The minimum absolute atomic E-state index is 0.133. The lowest BCUT2D eigenvalue weighted by Crippen LogP contribution is -2.20. The van der Waals surface area contributed by atoms with Crippen molar-refractivity contribution in [2.24, 2.45) is 0 Å². The molecule has 0 atom stereocenters. The fourth-order valence-corrected chi connectivity index (χ4v) is 2.24. The molecule has 0 saturated heterocycles. The van der Waals surface area contributed by atoms with Gasteiger partial charge in [-0.15, -0.1) is 0 Å². The Balaban J connectivity index is 1.70. The van der Waals surface area contributed by atoms with Gasteiger partial charge in [-0.25, -0.2) is 0 Å². The van der Waals surface area contributed by atoms with Crippen molar-refractivity contribution in [3.8, 4) is 11.5 Å². The second-order valence-electron chi connectivity index (χ2n) is 4.74. The molecule has 0 amide bonds. The summed E-state index contributed by atoms with van der Waals surface area (Å²) in [6.45, 7) is -0.267. The second-order valence-corrected chi connectivity index (χ2v) is 6.57. The largest absolute Gasteiger partial charge is 0.486 e. The van der Waals surface area contributed by atoms with Crippen LogP contribution in [0, 0.1) is 0 Å². The van der Waals surface area contributed by atoms with Crippen LogP contribution in [0.4, 0.5) is 0 Å². The van der Waals surface area contributed by atoms with E-state index in [2.05, 4.69) is 31.9 Å². The van der Waals surface area contributed by atoms with E-state index >= 15 is 0 Å². The molecule has 0 saturated carbocycles. The molecule has 6 heteroatoms. The molecule has 0 spiro atoms. The quantitative estimate of drug-likeness (QED) is 0.576. The highest BCUT2D eigenvalue weighted by atomic mass is 79.9. The van der Waals surface area contributed by atoms with E-state index in [-0.39, 0.29) is 31.2 Å². The first kappa shape index (κ1) is 17.7. The normalized spacial score (nSPS) is 10.2. The molecule has 0 radical (unpaired) electrons. The summed E-state index contributed by atoms with van der Waals surface area (Å²) in [6.07, 6.45) is -0.201. The maximum absolute atomic E-state index is 11.7. The van der Waals surface area contributed by atoms with Gasteiger partial charge in [-0.3, -0.25) is 9.59 Å². The molecule has 2 rings (SSSR count). The van der Waals surface area contributed by atoms with Gasteiger partial charge in [0, 0.05) is 8.95 Å². The molecular formula is C17H14Br2O4. The van der Waals surface area contributed by atoms with E-state index in [9.17, 15) is 9.59 Å². The van der Waals surface area contributed by atoms with Gasteiger partial charge < -0.3 is 9.47 Å². The van der Waals surface area contributed by atoms with Crippen LogP contribution >= 0.6 is 31.9 Å². The average molecular weight is 442 g/mol. The highest BCUT2D eigenvalue weighted by molar-refractivity contribution is 9.10. The van der Waals surface area contributed by atoms with E-state index < -0.39 is 0 Å². The van der Waals surface area contributed by atoms with Crippen LogP contribution in [-0.2, 0) is 9.59 Å². The van der Waals surface area contributed by atoms with Gasteiger partial charge in [0.2, 0.25) is 0 Å². The first-order valence-electron chi connectivity index (χ1n) is 6.83. The van der Waals surface area contributed by atoms with Crippen molar-refractivity contribution in [1.29, 1.82) is 0 Å². The Bertz CT molecular complexity index is 606. The van der Waals surface area contributed by atoms with Gasteiger partial charge in [-0.1, -0.05) is 31.9 Å². The van der Waals surface area contributed by atoms with Gasteiger partial charge in [0.05, 0.1) is 6.42 Å². The number of carbonyl (C=O) groups excluding carboxylic acids is 2. The van der Waals surface area contributed by atoms with Crippen molar-refractivity contribution in [3.63, 3.8) is 0 Å². The number of hydrogen-bond donors (Lipinski definition) is 0. The molecule has 2 aromatic rings. The van der Waals surface area contributed by atoms with Crippen molar-refractivity contribution in [3.05, 3.63) is 57.5 Å². The minimum Gasteiger partial charge on any atom is -0.486 e. The van der Waals surface area contributed by atoms with Crippen LogP contribution in [0.5, 0.6) is 11.5 Å². The van der Waals surface area contributed by atoms with Crippen molar-refractivity contribution in [1.82, 2.24) is 0 Å². The van der Waals surface area contributed by atoms with Crippen molar-refractivity contribution >= 4 is 43.4 Å². The van der Waals surface area contributed by atoms with Crippen LogP contribution in [0.2, 0.25) is 0 Å². The number of Topliss-reactive ketones (excluding diaryl/α,β-unsaturated/α-hetero) is 2. The summed E-state index contributed by atoms with van der Waals surface area (Å²) in [5.74, 6) is 0.606. The van der Waals surface area contributed by atoms with Gasteiger partial charge in [-0.05, 0) is 48.5 Å². The third-order valence-corrected chi connectivity index (χ3v) is 3.88. The monoisotopic (exact) mass is 440 g/mol. The van der Waals surface area contributed by atoms with Crippen LogP contribution in [0.1, 0.15) is 6.42 Å². The Kier molecular flexibility index (Phi) is 6.80. The number of rotatable bonds is 8. The van der Waals surface area contributed by atoms with E-state index in [4.69, 9.17) is 9.47 Å². The van der Waals surface area contributed by atoms with Crippen LogP contribution in [-0.4, -0.2) is 24.8 Å². The summed E-state index contributed by atoms with van der Waals surface area (Å²) in [5.41, 5.74) is 0. The van der Waals surface area contributed by atoms with E-state index in [0.29, 0.717) is 11.5 Å². The number of halogens is 2. The van der Waals surface area contributed by atoms with Gasteiger partial charge in [-0.2, -0.15) is 0 Å². The third kappa shape index (κ3) is 6.54. The smallest absolute Gasteiger partial charge is 0.177 e. The van der Waals surface area contributed by atoms with Gasteiger partial charge >= 0.3 is 0 Å². The SMILES string of the molecule is O=C(COc1ccc(Br)cc1)CC(=O)COc1ccc(Br)cc1. The van der Waals surface area contributed by atoms with Crippen LogP contribution < -0.4 is 9.47 Å². The molecule has 0 aliphatic rings. The highest BCUT2D eigenvalue weighted by Crippen LogP contribution is 2.17. The van der Waals surface area contributed by atoms with E-state index in [1.165, 1.54) is 0 Å². The summed E-state index contributed by atoms with van der Waals surface area (Å²) in [6, 6.07) is 14.2. The molecule has 2 aromatic carbocycles. The molecule has 0 aliphatic carbocycles. The lowest BCUT2D eigenvalue weighted by atomic mass is 10.2. The Morgan fingerprint density at radius 2 is 1.04 bits per heavy atom. The zero-order chi connectivity index (χ0) is 16.7. The molecule has 120 valence electrons. The zero-order valence-corrected chi connectivity index (χ0v) is 15.3. The molecule has 4 nitrogen and oxygen atoms in total. The molecule has 23 heavy (non-hydrogen) atoms. The fraction of sp³-hybridized carbons (Fsp3) is 0.176. The highest BCUT2D eigenvalue weighted by Gasteiger charge is 2.11.